The summed E-state index contributed by atoms with van der Waals surface area (Å²) < 4.78 is 0. The van der Waals surface area contributed by atoms with Crippen LogP contribution in [0, 0.1) is 6.92 Å². The first-order valence-corrected chi connectivity index (χ1v) is 7.09. The van der Waals surface area contributed by atoms with Crippen molar-refractivity contribution in [3.05, 3.63) is 21.9 Å². The number of aryl methyl sites for hydroxylation is 1. The summed E-state index contributed by atoms with van der Waals surface area (Å²) in [5, 5.41) is 11.5. The third kappa shape index (κ3) is 2.58. The Balaban J connectivity index is 2.22. The number of thiophene rings is 1. The SMILES string of the molecule is Cc1ccsc1C(C(=O)O)N1CCN(C)C(C)C1. The summed E-state index contributed by atoms with van der Waals surface area (Å²) in [6.45, 7) is 6.68. The van der Waals surface area contributed by atoms with Crippen molar-refractivity contribution in [2.24, 2.45) is 0 Å². The number of hydrogen-bond donors (Lipinski definition) is 1. The fourth-order valence-corrected chi connectivity index (χ4v) is 3.46. The summed E-state index contributed by atoms with van der Waals surface area (Å²) >= 11 is 1.55. The Hall–Kier alpha value is -0.910. The largest absolute Gasteiger partial charge is 0.480 e. The van der Waals surface area contributed by atoms with Crippen LogP contribution in [0.15, 0.2) is 11.4 Å². The van der Waals surface area contributed by atoms with E-state index in [0.29, 0.717) is 6.04 Å². The van der Waals surface area contributed by atoms with Gasteiger partial charge in [0.15, 0.2) is 0 Å². The Morgan fingerprint density at radius 2 is 2.28 bits per heavy atom. The van der Waals surface area contributed by atoms with Crippen molar-refractivity contribution in [3.63, 3.8) is 0 Å². The molecule has 0 aliphatic carbocycles. The van der Waals surface area contributed by atoms with Gasteiger partial charge in [-0.3, -0.25) is 9.69 Å². The summed E-state index contributed by atoms with van der Waals surface area (Å²) in [6, 6.07) is 1.91. The summed E-state index contributed by atoms with van der Waals surface area (Å²) in [4.78, 5) is 16.9. The second-order valence-corrected chi connectivity index (χ2v) is 5.98. The van der Waals surface area contributed by atoms with Gasteiger partial charge in [-0.25, -0.2) is 0 Å². The highest BCUT2D eigenvalue weighted by atomic mass is 32.1. The molecule has 1 saturated heterocycles. The average molecular weight is 268 g/mol. The van der Waals surface area contributed by atoms with Crippen LogP contribution in [0.4, 0.5) is 0 Å². The first-order chi connectivity index (χ1) is 8.50. The van der Waals surface area contributed by atoms with E-state index in [1.54, 1.807) is 11.3 Å². The fraction of sp³-hybridized carbons (Fsp3) is 0.615. The zero-order valence-corrected chi connectivity index (χ0v) is 11.9. The number of piperazine rings is 1. The van der Waals surface area contributed by atoms with Crippen LogP contribution in [-0.4, -0.2) is 53.6 Å². The Morgan fingerprint density at radius 1 is 1.56 bits per heavy atom. The Bertz CT molecular complexity index is 432. The predicted molar refractivity (Wildman–Crippen MR) is 73.1 cm³/mol. The lowest BCUT2D eigenvalue weighted by Gasteiger charge is -2.40. The van der Waals surface area contributed by atoms with Crippen molar-refractivity contribution in [2.75, 3.05) is 26.7 Å². The minimum atomic E-state index is -0.739. The van der Waals surface area contributed by atoms with Crippen molar-refractivity contribution in [1.82, 2.24) is 9.80 Å². The molecule has 1 aromatic heterocycles. The van der Waals surface area contributed by atoms with Crippen molar-refractivity contribution in [2.45, 2.75) is 25.9 Å². The molecule has 1 aromatic rings. The lowest BCUT2D eigenvalue weighted by molar-refractivity contribution is -0.144. The number of carbonyl (C=O) groups is 1. The van der Waals surface area contributed by atoms with E-state index in [-0.39, 0.29) is 0 Å². The first-order valence-electron chi connectivity index (χ1n) is 6.21. The molecule has 2 heterocycles. The standard InChI is InChI=1S/C13H20N2O2S/c1-9-4-7-18-12(9)11(13(16)17)15-6-5-14(3)10(2)8-15/h4,7,10-11H,5-6,8H2,1-3H3,(H,16,17). The predicted octanol–water partition coefficient (Wildman–Crippen LogP) is 1.82. The summed E-state index contributed by atoms with van der Waals surface area (Å²) in [5.41, 5.74) is 1.08. The molecule has 5 heteroatoms. The molecule has 2 atom stereocenters. The van der Waals surface area contributed by atoms with Crippen LogP contribution >= 0.6 is 11.3 Å². The third-order valence-electron chi connectivity index (χ3n) is 3.74. The molecule has 0 radical (unpaired) electrons. The summed E-state index contributed by atoms with van der Waals surface area (Å²) in [5.74, 6) is -0.739. The molecule has 100 valence electrons. The van der Waals surface area contributed by atoms with E-state index < -0.39 is 12.0 Å². The molecule has 1 aliphatic heterocycles. The number of hydrogen-bond acceptors (Lipinski definition) is 4. The zero-order valence-electron chi connectivity index (χ0n) is 11.1. The molecule has 0 saturated carbocycles. The van der Waals surface area contributed by atoms with Gasteiger partial charge in [-0.1, -0.05) is 0 Å². The summed E-state index contributed by atoms with van der Waals surface area (Å²) in [6.07, 6.45) is 0. The first kappa shape index (κ1) is 13.5. The molecule has 4 nitrogen and oxygen atoms in total. The fourth-order valence-electron chi connectivity index (χ4n) is 2.41. The average Bonchev–Trinajstić information content (AvgIpc) is 2.70. The van der Waals surface area contributed by atoms with Gasteiger partial charge >= 0.3 is 5.97 Å². The van der Waals surface area contributed by atoms with Crippen LogP contribution in [0.3, 0.4) is 0 Å². The van der Waals surface area contributed by atoms with Crippen molar-refractivity contribution < 1.29 is 9.90 Å². The number of aliphatic carboxylic acids is 1. The Kier molecular flexibility index (Phi) is 4.04. The van der Waals surface area contributed by atoms with Gasteiger partial charge in [-0.05, 0) is 37.9 Å². The van der Waals surface area contributed by atoms with E-state index in [1.807, 2.05) is 18.4 Å². The van der Waals surface area contributed by atoms with E-state index >= 15 is 0 Å². The lowest BCUT2D eigenvalue weighted by Crippen LogP contribution is -2.52. The molecule has 1 aliphatic rings. The molecular formula is C13H20N2O2S. The molecule has 0 bridgehead atoms. The second kappa shape index (κ2) is 5.38. The normalized spacial score (nSPS) is 24.1. The zero-order chi connectivity index (χ0) is 13.3. The Morgan fingerprint density at radius 3 is 2.78 bits per heavy atom. The van der Waals surface area contributed by atoms with Crippen LogP contribution in [-0.2, 0) is 4.79 Å². The number of carboxylic acids is 1. The van der Waals surface area contributed by atoms with Gasteiger partial charge < -0.3 is 10.0 Å². The Labute approximate surface area is 112 Å². The van der Waals surface area contributed by atoms with Gasteiger partial charge in [0.25, 0.3) is 0 Å². The van der Waals surface area contributed by atoms with Crippen LogP contribution in [0.25, 0.3) is 0 Å². The number of likely N-dealkylation sites (N-methyl/N-ethyl adjacent to an activating group) is 1. The van der Waals surface area contributed by atoms with E-state index in [4.69, 9.17) is 0 Å². The molecule has 18 heavy (non-hydrogen) atoms. The monoisotopic (exact) mass is 268 g/mol. The van der Waals surface area contributed by atoms with Gasteiger partial charge in [0.2, 0.25) is 0 Å². The highest BCUT2D eigenvalue weighted by molar-refractivity contribution is 7.10. The van der Waals surface area contributed by atoms with Crippen LogP contribution in [0.1, 0.15) is 23.4 Å². The quantitative estimate of drug-likeness (QED) is 0.908. The molecule has 0 amide bonds. The van der Waals surface area contributed by atoms with Gasteiger partial charge in [0.1, 0.15) is 6.04 Å². The molecule has 0 aromatic carbocycles. The lowest BCUT2D eigenvalue weighted by atomic mass is 10.1. The topological polar surface area (TPSA) is 43.8 Å². The highest BCUT2D eigenvalue weighted by Gasteiger charge is 2.33. The number of carboxylic acid groups (broad SMARTS) is 1. The van der Waals surface area contributed by atoms with E-state index in [9.17, 15) is 9.90 Å². The van der Waals surface area contributed by atoms with E-state index in [1.165, 1.54) is 0 Å². The van der Waals surface area contributed by atoms with Crippen LogP contribution in [0.2, 0.25) is 0 Å². The van der Waals surface area contributed by atoms with Crippen molar-refractivity contribution in [1.29, 1.82) is 0 Å². The summed E-state index contributed by atoms with van der Waals surface area (Å²) in [7, 11) is 2.09. The smallest absolute Gasteiger partial charge is 0.326 e. The molecule has 0 spiro atoms. The maximum atomic E-state index is 11.6. The van der Waals surface area contributed by atoms with E-state index in [2.05, 4.69) is 23.8 Å². The second-order valence-electron chi connectivity index (χ2n) is 5.03. The third-order valence-corrected chi connectivity index (χ3v) is 4.81. The molecule has 1 N–H and O–H groups in total. The van der Waals surface area contributed by atoms with Crippen molar-refractivity contribution >= 4 is 17.3 Å². The van der Waals surface area contributed by atoms with E-state index in [0.717, 1.165) is 30.1 Å². The van der Waals surface area contributed by atoms with Gasteiger partial charge in [-0.15, -0.1) is 11.3 Å². The molecule has 2 rings (SSSR count). The molecule has 1 fully saturated rings. The molecule has 2 unspecified atom stereocenters. The highest BCUT2D eigenvalue weighted by Crippen LogP contribution is 2.30. The van der Waals surface area contributed by atoms with Gasteiger partial charge in [0, 0.05) is 30.6 Å². The minimum Gasteiger partial charge on any atom is -0.480 e. The minimum absolute atomic E-state index is 0.404. The number of rotatable bonds is 3. The maximum absolute atomic E-state index is 11.6. The van der Waals surface area contributed by atoms with Gasteiger partial charge in [0.05, 0.1) is 0 Å². The van der Waals surface area contributed by atoms with Crippen LogP contribution in [0.5, 0.6) is 0 Å². The number of nitrogens with zero attached hydrogens (tertiary/aromatic N) is 2. The van der Waals surface area contributed by atoms with Crippen LogP contribution < -0.4 is 0 Å². The maximum Gasteiger partial charge on any atom is 0.326 e. The molecular weight excluding hydrogens is 248 g/mol. The van der Waals surface area contributed by atoms with Crippen molar-refractivity contribution in [3.8, 4) is 0 Å². The van der Waals surface area contributed by atoms with Gasteiger partial charge in [-0.2, -0.15) is 0 Å².